The molecule has 0 bridgehead atoms. The average Bonchev–Trinajstić information content (AvgIpc) is 3.00. The Morgan fingerprint density at radius 2 is 1.21 bits per heavy atom. The minimum atomic E-state index is -4.05. The lowest BCUT2D eigenvalue weighted by molar-refractivity contribution is -0.0188. The maximum absolute atomic E-state index is 13.1. The molecule has 0 aromatic heterocycles. The van der Waals surface area contributed by atoms with Crippen LogP contribution in [0.2, 0.25) is 0 Å². The van der Waals surface area contributed by atoms with Gasteiger partial charge in [0.25, 0.3) is 0 Å². The average molecular weight is 633 g/mol. The highest BCUT2D eigenvalue weighted by Crippen LogP contribution is 2.44. The van der Waals surface area contributed by atoms with E-state index in [9.17, 15) is 9.46 Å². The zero-order chi connectivity index (χ0) is 30.9. The molecule has 1 aromatic carbocycles. The Kier molecular flexibility index (Phi) is 22.3. The van der Waals surface area contributed by atoms with Gasteiger partial charge in [0.2, 0.25) is 0 Å². The van der Waals surface area contributed by atoms with Gasteiger partial charge in [-0.25, -0.2) is 0 Å². The third-order valence-electron chi connectivity index (χ3n) is 6.99. The maximum Gasteiger partial charge on any atom is 0.362 e. The van der Waals surface area contributed by atoms with Gasteiger partial charge in [-0.2, -0.15) is 0 Å². The second-order valence-corrected chi connectivity index (χ2v) is 12.5. The topological polar surface area (TPSA) is 111 Å². The molecule has 250 valence electrons. The highest BCUT2D eigenvalue weighted by atomic mass is 31.2. The lowest BCUT2D eigenvalue weighted by atomic mass is 10.0. The fourth-order valence-electron chi connectivity index (χ4n) is 4.62. The summed E-state index contributed by atoms with van der Waals surface area (Å²) in [7, 11) is -4.05. The first-order valence-corrected chi connectivity index (χ1v) is 17.8. The molecule has 0 radical (unpaired) electrons. The van der Waals surface area contributed by atoms with E-state index in [1.54, 1.807) is 19.1 Å². The predicted molar refractivity (Wildman–Crippen MR) is 168 cm³/mol. The molecule has 0 saturated carbocycles. The largest absolute Gasteiger partial charge is 0.492 e. The van der Waals surface area contributed by atoms with Crippen LogP contribution in [0.15, 0.2) is 18.2 Å². The summed E-state index contributed by atoms with van der Waals surface area (Å²) >= 11 is 0. The van der Waals surface area contributed by atoms with Crippen molar-refractivity contribution >= 4 is 12.9 Å². The number of rotatable bonds is 15. The van der Waals surface area contributed by atoms with E-state index in [0.29, 0.717) is 85.0 Å². The van der Waals surface area contributed by atoms with Crippen molar-refractivity contribution in [2.24, 2.45) is 5.92 Å². The monoisotopic (exact) mass is 632 g/mol. The molecule has 1 aromatic rings. The molecule has 1 unspecified atom stereocenters. The van der Waals surface area contributed by atoms with E-state index in [1.807, 2.05) is 6.07 Å². The van der Waals surface area contributed by atoms with E-state index in [2.05, 4.69) is 6.92 Å². The van der Waals surface area contributed by atoms with E-state index < -0.39 is 7.60 Å². The van der Waals surface area contributed by atoms with Crippen LogP contribution in [0.1, 0.15) is 70.8 Å². The van der Waals surface area contributed by atoms with Crippen LogP contribution in [-0.2, 0) is 43.9 Å². The van der Waals surface area contributed by atoms with E-state index in [1.165, 1.54) is 38.5 Å². The van der Waals surface area contributed by atoms with Crippen molar-refractivity contribution in [3.05, 3.63) is 23.8 Å². The lowest BCUT2D eigenvalue weighted by Crippen LogP contribution is -2.26. The number of unbranched alkanes of at least 4 members (excludes halogenated alkanes) is 7. The SMILES string of the molecule is CCCCCCCCCCc1ccc(OCC2COCCOCCOCCOCCOCCOC2)c(P(=O)(O)OCC)c1. The van der Waals surface area contributed by atoms with Gasteiger partial charge >= 0.3 is 7.60 Å². The minimum absolute atomic E-state index is 0.108. The van der Waals surface area contributed by atoms with Crippen molar-refractivity contribution in [3.8, 4) is 5.75 Å². The van der Waals surface area contributed by atoms with Crippen molar-refractivity contribution in [3.63, 3.8) is 0 Å². The quantitative estimate of drug-likeness (QED) is 0.201. The Labute approximate surface area is 259 Å². The molecule has 1 aliphatic heterocycles. The molecule has 1 atom stereocenters. The standard InChI is InChI=1S/C32H57O10P/c1-3-5-6-7-8-9-10-11-12-29-13-14-31(32(25-29)43(33,34)42-4-2)41-28-30-26-39-23-21-37-19-17-35-15-16-36-18-20-38-22-24-40-27-30/h13-14,25,30H,3-12,15-24,26-28H2,1-2H3,(H,33,34). The zero-order valence-electron chi connectivity index (χ0n) is 26.6. The first-order valence-electron chi connectivity index (χ1n) is 16.3. The second kappa shape index (κ2) is 25.2. The van der Waals surface area contributed by atoms with Crippen LogP contribution < -0.4 is 10.0 Å². The van der Waals surface area contributed by atoms with E-state index >= 15 is 0 Å². The van der Waals surface area contributed by atoms with Gasteiger partial charge in [0.05, 0.1) is 92.5 Å². The van der Waals surface area contributed by atoms with Gasteiger partial charge < -0.3 is 42.6 Å². The summed E-state index contributed by atoms with van der Waals surface area (Å²) in [6.07, 6.45) is 10.7. The Morgan fingerprint density at radius 1 is 0.721 bits per heavy atom. The molecule has 10 nitrogen and oxygen atoms in total. The van der Waals surface area contributed by atoms with E-state index in [4.69, 9.17) is 37.7 Å². The van der Waals surface area contributed by atoms with Crippen molar-refractivity contribution in [2.75, 3.05) is 92.5 Å². The van der Waals surface area contributed by atoms with E-state index in [-0.39, 0.29) is 24.4 Å². The molecule has 1 aliphatic rings. The number of ether oxygens (including phenoxy) is 7. The van der Waals surface area contributed by atoms with Crippen molar-refractivity contribution in [2.45, 2.75) is 71.6 Å². The number of hydrogen-bond acceptors (Lipinski definition) is 9. The third-order valence-corrected chi connectivity index (χ3v) is 8.56. The summed E-state index contributed by atoms with van der Waals surface area (Å²) in [5, 5.41) is 0.204. The summed E-state index contributed by atoms with van der Waals surface area (Å²) in [5.74, 6) is 0.241. The van der Waals surface area contributed by atoms with Crippen LogP contribution in [0.4, 0.5) is 0 Å². The predicted octanol–water partition coefficient (Wildman–Crippen LogP) is 5.33. The molecular weight excluding hydrogens is 575 g/mol. The molecule has 0 amide bonds. The van der Waals surface area contributed by atoms with Crippen molar-refractivity contribution < 1.29 is 47.1 Å². The Balaban J connectivity index is 1.94. The van der Waals surface area contributed by atoms with Gasteiger partial charge in [-0.05, 0) is 37.5 Å². The Morgan fingerprint density at radius 3 is 1.72 bits per heavy atom. The zero-order valence-corrected chi connectivity index (χ0v) is 27.5. The number of hydrogen-bond donors (Lipinski definition) is 1. The fourth-order valence-corrected chi connectivity index (χ4v) is 5.85. The van der Waals surface area contributed by atoms with Crippen molar-refractivity contribution in [1.82, 2.24) is 0 Å². The van der Waals surface area contributed by atoms with Crippen LogP contribution >= 0.6 is 7.60 Å². The molecule has 0 aliphatic carbocycles. The van der Waals surface area contributed by atoms with Crippen LogP contribution in [0.3, 0.4) is 0 Å². The molecule has 1 saturated heterocycles. The summed E-state index contributed by atoms with van der Waals surface area (Å²) in [6.45, 7) is 9.88. The lowest BCUT2D eigenvalue weighted by Gasteiger charge is -2.21. The summed E-state index contributed by atoms with van der Waals surface area (Å²) < 4.78 is 58.3. The van der Waals surface area contributed by atoms with Gasteiger partial charge in [0.15, 0.2) is 0 Å². The van der Waals surface area contributed by atoms with E-state index in [0.717, 1.165) is 24.8 Å². The summed E-state index contributed by atoms with van der Waals surface area (Å²) in [5.41, 5.74) is 1.01. The normalized spacial score (nSPS) is 19.1. The number of aryl methyl sites for hydroxylation is 1. The molecule has 1 heterocycles. The van der Waals surface area contributed by atoms with Gasteiger partial charge in [0.1, 0.15) is 11.1 Å². The van der Waals surface area contributed by atoms with Crippen LogP contribution in [0, 0.1) is 5.92 Å². The van der Waals surface area contributed by atoms with Crippen LogP contribution in [0.25, 0.3) is 0 Å². The Bertz CT molecular complexity index is 835. The van der Waals surface area contributed by atoms with Gasteiger partial charge in [-0.3, -0.25) is 4.57 Å². The molecule has 1 N–H and O–H groups in total. The summed E-state index contributed by atoms with van der Waals surface area (Å²) in [6, 6.07) is 5.54. The smallest absolute Gasteiger partial charge is 0.362 e. The van der Waals surface area contributed by atoms with Crippen LogP contribution in [-0.4, -0.2) is 97.4 Å². The second-order valence-electron chi connectivity index (χ2n) is 10.7. The molecule has 1 fully saturated rings. The highest BCUT2D eigenvalue weighted by Gasteiger charge is 2.28. The molecule has 11 heteroatoms. The third kappa shape index (κ3) is 18.5. The number of benzene rings is 1. The van der Waals surface area contributed by atoms with Gasteiger partial charge in [0, 0.05) is 5.92 Å². The van der Waals surface area contributed by atoms with Crippen molar-refractivity contribution in [1.29, 1.82) is 0 Å². The van der Waals surface area contributed by atoms with Gasteiger partial charge in [-0.1, -0.05) is 57.9 Å². The Hall–Kier alpha value is -1.07. The first-order chi connectivity index (χ1) is 21.1. The molecule has 0 spiro atoms. The molecular formula is C32H57O10P. The minimum Gasteiger partial charge on any atom is -0.492 e. The maximum atomic E-state index is 13.1. The fraction of sp³-hybridized carbons (Fsp3) is 0.812. The highest BCUT2D eigenvalue weighted by molar-refractivity contribution is 7.61. The van der Waals surface area contributed by atoms with Gasteiger partial charge in [-0.15, -0.1) is 0 Å². The first kappa shape index (κ1) is 38.1. The summed E-state index contributed by atoms with van der Waals surface area (Å²) in [4.78, 5) is 10.8. The van der Waals surface area contributed by atoms with Crippen LogP contribution in [0.5, 0.6) is 5.75 Å². The molecule has 43 heavy (non-hydrogen) atoms. The molecule has 2 rings (SSSR count).